The van der Waals surface area contributed by atoms with Crippen molar-refractivity contribution in [2.24, 2.45) is 0 Å². The molecule has 1 aliphatic rings. The average molecular weight is 325 g/mol. The Morgan fingerprint density at radius 2 is 2.00 bits per heavy atom. The first kappa shape index (κ1) is 17.4. The number of sulfonamides is 1. The molecule has 1 unspecified atom stereocenters. The molecule has 1 aromatic carbocycles. The van der Waals surface area contributed by atoms with Crippen molar-refractivity contribution in [1.29, 1.82) is 0 Å². The van der Waals surface area contributed by atoms with E-state index in [-0.39, 0.29) is 11.9 Å². The van der Waals surface area contributed by atoms with E-state index in [0.717, 1.165) is 32.3 Å². The lowest BCUT2D eigenvalue weighted by molar-refractivity contribution is 0.00950. The van der Waals surface area contributed by atoms with Crippen LogP contribution in [-0.2, 0) is 21.2 Å². The number of rotatable bonds is 8. The van der Waals surface area contributed by atoms with E-state index in [1.54, 1.807) is 7.05 Å². The molecule has 1 saturated heterocycles. The molecule has 4 nitrogen and oxygen atoms in total. The molecule has 0 bridgehead atoms. The highest BCUT2D eigenvalue weighted by molar-refractivity contribution is 7.89. The topological polar surface area (TPSA) is 46.6 Å². The number of hydrogen-bond donors (Lipinski definition) is 0. The van der Waals surface area contributed by atoms with Crippen LogP contribution in [0.5, 0.6) is 0 Å². The van der Waals surface area contributed by atoms with Crippen LogP contribution < -0.4 is 0 Å². The van der Waals surface area contributed by atoms with Gasteiger partial charge in [0.2, 0.25) is 10.0 Å². The molecule has 0 saturated carbocycles. The van der Waals surface area contributed by atoms with Crippen LogP contribution in [0.25, 0.3) is 0 Å². The molecule has 124 valence electrons. The fraction of sp³-hybridized carbons (Fsp3) is 0.647. The molecule has 5 heteroatoms. The van der Waals surface area contributed by atoms with Gasteiger partial charge in [0, 0.05) is 20.2 Å². The maximum Gasteiger partial charge on any atom is 0.213 e. The van der Waals surface area contributed by atoms with Crippen LogP contribution in [0.2, 0.25) is 0 Å². The highest BCUT2D eigenvalue weighted by Gasteiger charge is 2.20. The molecule has 0 spiro atoms. The Morgan fingerprint density at radius 3 is 2.68 bits per heavy atom. The lowest BCUT2D eigenvalue weighted by atomic mass is 10.1. The molecular formula is C17H27NO3S. The van der Waals surface area contributed by atoms with Crippen LogP contribution in [0.1, 0.15) is 37.7 Å². The zero-order valence-corrected chi connectivity index (χ0v) is 14.2. The second kappa shape index (κ2) is 8.65. The smallest absolute Gasteiger partial charge is 0.213 e. The second-order valence-electron chi connectivity index (χ2n) is 6.00. The standard InChI is InChI=1S/C17H27NO3S/c1-18(13-12-17-11-5-6-14-21-17)22(19,20)15-7-10-16-8-3-2-4-9-16/h2-4,8-9,17H,5-7,10-15H2,1H3. The zero-order valence-electron chi connectivity index (χ0n) is 13.4. The van der Waals surface area contributed by atoms with Crippen LogP contribution in [0.4, 0.5) is 0 Å². The maximum absolute atomic E-state index is 12.3. The molecule has 22 heavy (non-hydrogen) atoms. The molecule has 1 aliphatic heterocycles. The highest BCUT2D eigenvalue weighted by atomic mass is 32.2. The Bertz CT molecular complexity index is 524. The SMILES string of the molecule is CN(CCC1CCCCO1)S(=O)(=O)CCCc1ccccc1. The Kier molecular flexibility index (Phi) is 6.86. The summed E-state index contributed by atoms with van der Waals surface area (Å²) in [6.07, 6.45) is 5.88. The van der Waals surface area contributed by atoms with Crippen molar-refractivity contribution in [2.45, 2.75) is 44.6 Å². The average Bonchev–Trinajstić information content (AvgIpc) is 2.54. The summed E-state index contributed by atoms with van der Waals surface area (Å²) in [6.45, 7) is 1.37. The number of aryl methyl sites for hydroxylation is 1. The summed E-state index contributed by atoms with van der Waals surface area (Å²) >= 11 is 0. The van der Waals surface area contributed by atoms with Gasteiger partial charge in [-0.1, -0.05) is 30.3 Å². The van der Waals surface area contributed by atoms with Gasteiger partial charge >= 0.3 is 0 Å². The quantitative estimate of drug-likeness (QED) is 0.738. The summed E-state index contributed by atoms with van der Waals surface area (Å²) in [5, 5.41) is 0. The Labute approximate surface area is 134 Å². The minimum atomic E-state index is -3.15. The lowest BCUT2D eigenvalue weighted by Gasteiger charge is -2.25. The molecule has 1 heterocycles. The van der Waals surface area contributed by atoms with E-state index in [1.165, 1.54) is 16.3 Å². The van der Waals surface area contributed by atoms with Gasteiger partial charge in [-0.15, -0.1) is 0 Å². The van der Waals surface area contributed by atoms with Crippen LogP contribution in [0.3, 0.4) is 0 Å². The minimum Gasteiger partial charge on any atom is -0.378 e. The molecule has 1 atom stereocenters. The predicted octanol–water partition coefficient (Wildman–Crippen LogP) is 2.84. The van der Waals surface area contributed by atoms with Gasteiger partial charge < -0.3 is 4.74 Å². The van der Waals surface area contributed by atoms with Crippen LogP contribution in [0.15, 0.2) is 30.3 Å². The molecule has 0 N–H and O–H groups in total. The molecule has 0 radical (unpaired) electrons. The van der Waals surface area contributed by atoms with Gasteiger partial charge in [-0.25, -0.2) is 12.7 Å². The summed E-state index contributed by atoms with van der Waals surface area (Å²) in [6, 6.07) is 10.0. The third-order valence-corrected chi connectivity index (χ3v) is 6.16. The number of ether oxygens (including phenoxy) is 1. The van der Waals surface area contributed by atoms with Gasteiger partial charge in [-0.05, 0) is 44.1 Å². The van der Waals surface area contributed by atoms with Crippen molar-refractivity contribution in [1.82, 2.24) is 4.31 Å². The van der Waals surface area contributed by atoms with Crippen LogP contribution >= 0.6 is 0 Å². The summed E-state index contributed by atoms with van der Waals surface area (Å²) in [4.78, 5) is 0. The first-order valence-electron chi connectivity index (χ1n) is 8.17. The molecule has 0 amide bonds. The van der Waals surface area contributed by atoms with Crippen molar-refractivity contribution in [3.05, 3.63) is 35.9 Å². The summed E-state index contributed by atoms with van der Waals surface area (Å²) < 4.78 is 31.7. The van der Waals surface area contributed by atoms with Gasteiger partial charge in [0.15, 0.2) is 0 Å². The fourth-order valence-electron chi connectivity index (χ4n) is 2.76. The van der Waals surface area contributed by atoms with Crippen LogP contribution in [-0.4, -0.2) is 44.8 Å². The van der Waals surface area contributed by atoms with Crippen molar-refractivity contribution < 1.29 is 13.2 Å². The molecule has 0 aliphatic carbocycles. The fourth-order valence-corrected chi connectivity index (χ4v) is 3.96. The van der Waals surface area contributed by atoms with Gasteiger partial charge in [0.25, 0.3) is 0 Å². The van der Waals surface area contributed by atoms with Crippen molar-refractivity contribution in [2.75, 3.05) is 26.0 Å². The minimum absolute atomic E-state index is 0.212. The van der Waals surface area contributed by atoms with Gasteiger partial charge in [0.05, 0.1) is 11.9 Å². The second-order valence-corrected chi connectivity index (χ2v) is 8.20. The van der Waals surface area contributed by atoms with E-state index < -0.39 is 10.0 Å². The van der Waals surface area contributed by atoms with E-state index >= 15 is 0 Å². The van der Waals surface area contributed by atoms with Crippen molar-refractivity contribution in [3.63, 3.8) is 0 Å². The van der Waals surface area contributed by atoms with Gasteiger partial charge in [-0.2, -0.15) is 0 Å². The number of benzene rings is 1. The Morgan fingerprint density at radius 1 is 1.23 bits per heavy atom. The molecule has 1 aromatic rings. The number of nitrogens with zero attached hydrogens (tertiary/aromatic N) is 1. The summed E-state index contributed by atoms with van der Waals surface area (Å²) in [5.74, 6) is 0.212. The van der Waals surface area contributed by atoms with E-state index in [9.17, 15) is 8.42 Å². The third-order valence-electron chi connectivity index (χ3n) is 4.23. The summed E-state index contributed by atoms with van der Waals surface area (Å²) in [7, 11) is -1.47. The largest absolute Gasteiger partial charge is 0.378 e. The monoisotopic (exact) mass is 325 g/mol. The molecular weight excluding hydrogens is 298 g/mol. The Hall–Kier alpha value is -0.910. The zero-order chi connectivity index (χ0) is 15.8. The maximum atomic E-state index is 12.3. The predicted molar refractivity (Wildman–Crippen MR) is 89.4 cm³/mol. The molecule has 1 fully saturated rings. The lowest BCUT2D eigenvalue weighted by Crippen LogP contribution is -2.33. The highest BCUT2D eigenvalue weighted by Crippen LogP contribution is 2.16. The third kappa shape index (κ3) is 5.71. The molecule has 0 aromatic heterocycles. The van der Waals surface area contributed by atoms with E-state index in [0.29, 0.717) is 13.0 Å². The van der Waals surface area contributed by atoms with E-state index in [2.05, 4.69) is 0 Å². The Balaban J connectivity index is 1.71. The molecule has 2 rings (SSSR count). The van der Waals surface area contributed by atoms with Crippen molar-refractivity contribution in [3.8, 4) is 0 Å². The van der Waals surface area contributed by atoms with Gasteiger partial charge in [-0.3, -0.25) is 0 Å². The van der Waals surface area contributed by atoms with Crippen molar-refractivity contribution >= 4 is 10.0 Å². The first-order chi connectivity index (χ1) is 10.6. The normalized spacial score (nSPS) is 19.5. The van der Waals surface area contributed by atoms with E-state index in [4.69, 9.17) is 4.74 Å². The summed E-state index contributed by atoms with van der Waals surface area (Å²) in [5.41, 5.74) is 1.19. The van der Waals surface area contributed by atoms with E-state index in [1.807, 2.05) is 30.3 Å². The van der Waals surface area contributed by atoms with Crippen LogP contribution in [0, 0.1) is 0 Å². The van der Waals surface area contributed by atoms with Gasteiger partial charge in [0.1, 0.15) is 0 Å². The first-order valence-corrected chi connectivity index (χ1v) is 9.78. The number of hydrogen-bond acceptors (Lipinski definition) is 3.